The molecule has 0 unspecified atom stereocenters. The second-order valence-corrected chi connectivity index (χ2v) is 4.20. The smallest absolute Gasteiger partial charge is 0.182 e. The first-order chi connectivity index (χ1) is 10.4. The molecule has 4 heterocycles. The summed E-state index contributed by atoms with van der Waals surface area (Å²) in [6.45, 7) is 0. The highest BCUT2D eigenvalue weighted by molar-refractivity contribution is 5.60. The van der Waals surface area contributed by atoms with Crippen molar-refractivity contribution < 1.29 is 0 Å². The van der Waals surface area contributed by atoms with E-state index in [4.69, 9.17) is 0 Å². The number of nitrogens with one attached hydrogen (secondary N) is 3. The summed E-state index contributed by atoms with van der Waals surface area (Å²) in [5.41, 5.74) is 2.12. The number of aromatic amines is 3. The minimum absolute atomic E-state index is 0.497. The van der Waals surface area contributed by atoms with Gasteiger partial charge in [-0.1, -0.05) is 0 Å². The molecule has 0 amide bonds. The van der Waals surface area contributed by atoms with Crippen molar-refractivity contribution in [2.24, 2.45) is 0 Å². The Morgan fingerprint density at radius 2 is 0.857 bits per heavy atom. The Hall–Kier alpha value is -3.36. The fourth-order valence-electron chi connectivity index (χ4n) is 1.87. The van der Waals surface area contributed by atoms with Crippen molar-refractivity contribution in [3.05, 3.63) is 37.6 Å². The number of imidazole rings is 3. The van der Waals surface area contributed by atoms with Crippen molar-refractivity contribution in [1.29, 1.82) is 0 Å². The summed E-state index contributed by atoms with van der Waals surface area (Å²) in [5.74, 6) is 1.49. The summed E-state index contributed by atoms with van der Waals surface area (Å²) in [6.07, 6.45) is 9.69. The number of rotatable bonds is 3. The first kappa shape index (κ1) is 11.5. The van der Waals surface area contributed by atoms with E-state index in [1.807, 2.05) is 0 Å². The molecule has 0 saturated heterocycles. The van der Waals surface area contributed by atoms with Crippen LogP contribution in [0.1, 0.15) is 0 Å². The van der Waals surface area contributed by atoms with Crippen LogP contribution in [-0.4, -0.2) is 44.9 Å². The lowest BCUT2D eigenvalue weighted by Gasteiger charge is -2.03. The van der Waals surface area contributed by atoms with Crippen LogP contribution in [-0.2, 0) is 0 Å². The van der Waals surface area contributed by atoms with E-state index in [1.54, 1.807) is 37.6 Å². The summed E-state index contributed by atoms with van der Waals surface area (Å²) in [6, 6.07) is 0. The molecule has 3 N–H and O–H groups in total. The zero-order chi connectivity index (χ0) is 14.1. The highest BCUT2D eigenvalue weighted by atomic mass is 15.1. The van der Waals surface area contributed by atoms with Crippen molar-refractivity contribution in [3.8, 4) is 34.6 Å². The van der Waals surface area contributed by atoms with Crippen LogP contribution in [0.15, 0.2) is 37.6 Å². The third-order valence-electron chi connectivity index (χ3n) is 2.85. The van der Waals surface area contributed by atoms with Crippen molar-refractivity contribution in [1.82, 2.24) is 44.9 Å². The van der Waals surface area contributed by atoms with Gasteiger partial charge in [-0.25, -0.2) is 29.9 Å². The standard InChI is InChI=1S/C12H9N9/c1-7(16-4-13-1)10-19-11(8-2-14-5-17-8)21-12(20-10)9-3-15-6-18-9/h1-6H,(H,13,16)(H,14,17)(H,15,18). The molecule has 4 aromatic rings. The number of H-pyrrole nitrogens is 3. The van der Waals surface area contributed by atoms with E-state index in [9.17, 15) is 0 Å². The van der Waals surface area contributed by atoms with Crippen molar-refractivity contribution in [3.63, 3.8) is 0 Å². The second-order valence-electron chi connectivity index (χ2n) is 4.20. The van der Waals surface area contributed by atoms with Crippen molar-refractivity contribution in [2.75, 3.05) is 0 Å². The minimum Gasteiger partial charge on any atom is -0.342 e. The van der Waals surface area contributed by atoms with Gasteiger partial charge in [0.2, 0.25) is 0 Å². The summed E-state index contributed by atoms with van der Waals surface area (Å²) in [7, 11) is 0. The predicted octanol–water partition coefficient (Wildman–Crippen LogP) is 1.04. The highest BCUT2D eigenvalue weighted by Gasteiger charge is 2.13. The zero-order valence-corrected chi connectivity index (χ0v) is 10.6. The third-order valence-corrected chi connectivity index (χ3v) is 2.85. The molecular weight excluding hydrogens is 270 g/mol. The van der Waals surface area contributed by atoms with Crippen LogP contribution in [0.25, 0.3) is 34.6 Å². The van der Waals surface area contributed by atoms with Gasteiger partial charge in [-0.3, -0.25) is 0 Å². The van der Waals surface area contributed by atoms with Gasteiger partial charge < -0.3 is 15.0 Å². The van der Waals surface area contributed by atoms with Crippen LogP contribution in [0.4, 0.5) is 0 Å². The van der Waals surface area contributed by atoms with E-state index >= 15 is 0 Å². The first-order valence-corrected chi connectivity index (χ1v) is 6.12. The Kier molecular flexibility index (Phi) is 2.53. The molecular formula is C12H9N9. The number of hydrogen-bond acceptors (Lipinski definition) is 6. The third kappa shape index (κ3) is 2.06. The molecule has 0 atom stereocenters. The van der Waals surface area contributed by atoms with Crippen LogP contribution in [0, 0.1) is 0 Å². The molecule has 0 aliphatic heterocycles. The Morgan fingerprint density at radius 1 is 0.524 bits per heavy atom. The summed E-state index contributed by atoms with van der Waals surface area (Å²) in [5, 5.41) is 0. The molecule has 4 aromatic heterocycles. The molecule has 21 heavy (non-hydrogen) atoms. The van der Waals surface area contributed by atoms with Crippen LogP contribution in [0.2, 0.25) is 0 Å². The number of nitrogens with zero attached hydrogens (tertiary/aromatic N) is 6. The molecule has 102 valence electrons. The molecule has 0 aliphatic carbocycles. The maximum absolute atomic E-state index is 4.43. The largest absolute Gasteiger partial charge is 0.342 e. The van der Waals surface area contributed by atoms with E-state index in [2.05, 4.69) is 44.9 Å². The van der Waals surface area contributed by atoms with Gasteiger partial charge in [0, 0.05) is 0 Å². The lowest BCUT2D eigenvalue weighted by Crippen LogP contribution is -2.00. The average molecular weight is 279 g/mol. The van der Waals surface area contributed by atoms with E-state index in [-0.39, 0.29) is 0 Å². The molecule has 0 aliphatic rings. The van der Waals surface area contributed by atoms with Crippen LogP contribution < -0.4 is 0 Å². The van der Waals surface area contributed by atoms with Gasteiger partial charge in [0.15, 0.2) is 17.5 Å². The second kappa shape index (κ2) is 4.63. The van der Waals surface area contributed by atoms with Crippen molar-refractivity contribution in [2.45, 2.75) is 0 Å². The highest BCUT2D eigenvalue weighted by Crippen LogP contribution is 2.20. The van der Waals surface area contributed by atoms with Gasteiger partial charge in [0.05, 0.1) is 37.6 Å². The first-order valence-electron chi connectivity index (χ1n) is 6.12. The molecule has 0 aromatic carbocycles. The summed E-state index contributed by atoms with van der Waals surface area (Å²) in [4.78, 5) is 34.2. The summed E-state index contributed by atoms with van der Waals surface area (Å²) >= 11 is 0. The Morgan fingerprint density at radius 3 is 1.10 bits per heavy atom. The molecule has 9 heteroatoms. The predicted molar refractivity (Wildman–Crippen MR) is 72.6 cm³/mol. The Bertz CT molecular complexity index is 704. The Balaban J connectivity index is 1.92. The number of aromatic nitrogens is 9. The topological polar surface area (TPSA) is 125 Å². The normalized spacial score (nSPS) is 10.9. The summed E-state index contributed by atoms with van der Waals surface area (Å²) < 4.78 is 0. The molecule has 0 bridgehead atoms. The lowest BCUT2D eigenvalue weighted by atomic mass is 10.3. The van der Waals surface area contributed by atoms with E-state index < -0.39 is 0 Å². The SMILES string of the molecule is c1ncc(-c2nc(-c3cnc[nH]3)nc(-c3cnc[nH]3)n2)[nH]1. The molecule has 9 nitrogen and oxygen atoms in total. The van der Waals surface area contributed by atoms with Crippen molar-refractivity contribution >= 4 is 0 Å². The lowest BCUT2D eigenvalue weighted by molar-refractivity contribution is 1.05. The van der Waals surface area contributed by atoms with Crippen LogP contribution in [0.5, 0.6) is 0 Å². The van der Waals surface area contributed by atoms with E-state index in [1.165, 1.54) is 0 Å². The van der Waals surface area contributed by atoms with Gasteiger partial charge in [-0.15, -0.1) is 0 Å². The van der Waals surface area contributed by atoms with Gasteiger partial charge in [-0.2, -0.15) is 0 Å². The van der Waals surface area contributed by atoms with E-state index in [0.717, 1.165) is 0 Å². The molecule has 4 rings (SSSR count). The quantitative estimate of drug-likeness (QED) is 0.514. The fraction of sp³-hybridized carbons (Fsp3) is 0. The van der Waals surface area contributed by atoms with Crippen LogP contribution in [0.3, 0.4) is 0 Å². The average Bonchev–Trinajstić information content (AvgIpc) is 3.29. The van der Waals surface area contributed by atoms with Crippen LogP contribution >= 0.6 is 0 Å². The zero-order valence-electron chi connectivity index (χ0n) is 10.6. The monoisotopic (exact) mass is 279 g/mol. The van der Waals surface area contributed by atoms with Gasteiger partial charge in [-0.05, 0) is 0 Å². The Labute approximate surface area is 118 Å². The van der Waals surface area contributed by atoms with Gasteiger partial charge in [0.25, 0.3) is 0 Å². The maximum Gasteiger partial charge on any atom is 0.182 e. The van der Waals surface area contributed by atoms with Gasteiger partial charge >= 0.3 is 0 Å². The maximum atomic E-state index is 4.43. The minimum atomic E-state index is 0.497. The molecule has 0 spiro atoms. The van der Waals surface area contributed by atoms with E-state index in [0.29, 0.717) is 34.6 Å². The molecule has 0 fully saturated rings. The fourth-order valence-corrected chi connectivity index (χ4v) is 1.87. The molecule has 0 radical (unpaired) electrons. The van der Waals surface area contributed by atoms with Gasteiger partial charge in [0.1, 0.15) is 17.1 Å². The number of hydrogen-bond donors (Lipinski definition) is 3. The molecule has 0 saturated carbocycles.